The van der Waals surface area contributed by atoms with Crippen LogP contribution < -0.4 is 9.47 Å². The van der Waals surface area contributed by atoms with Crippen molar-refractivity contribution in [3.05, 3.63) is 57.4 Å². The minimum atomic E-state index is -4.54. The number of hydrogen-bond acceptors (Lipinski definition) is 3. The molecule has 0 aliphatic carbocycles. The summed E-state index contributed by atoms with van der Waals surface area (Å²) in [4.78, 5) is 2.65. The van der Waals surface area contributed by atoms with Crippen molar-refractivity contribution in [1.29, 1.82) is 0 Å². The lowest BCUT2D eigenvalue weighted by Gasteiger charge is -2.28. The van der Waals surface area contributed by atoms with Crippen molar-refractivity contribution in [3.63, 3.8) is 0 Å². The summed E-state index contributed by atoms with van der Waals surface area (Å²) in [5, 5.41) is 3.64. The SMILES string of the molecule is [N-]=[N+]=NC[C@H]1COc2cc(Cl)cc(-c3ccccc3C(F)(F)F)c2O1. The Labute approximate surface area is 145 Å². The minimum absolute atomic E-state index is 0.00107. The normalized spacial score (nSPS) is 16.2. The summed E-state index contributed by atoms with van der Waals surface area (Å²) < 4.78 is 51.3. The van der Waals surface area contributed by atoms with Gasteiger partial charge in [-0.2, -0.15) is 13.2 Å². The summed E-state index contributed by atoms with van der Waals surface area (Å²) in [6, 6.07) is 8.01. The van der Waals surface area contributed by atoms with Crippen LogP contribution >= 0.6 is 11.6 Å². The Morgan fingerprint density at radius 2 is 2.00 bits per heavy atom. The van der Waals surface area contributed by atoms with E-state index in [2.05, 4.69) is 10.0 Å². The second kappa shape index (κ2) is 6.74. The maximum atomic E-state index is 13.3. The number of nitrogens with zero attached hydrogens (tertiary/aromatic N) is 3. The summed E-state index contributed by atoms with van der Waals surface area (Å²) in [6.45, 7) is 0.103. The van der Waals surface area contributed by atoms with Crippen molar-refractivity contribution in [2.75, 3.05) is 13.2 Å². The lowest BCUT2D eigenvalue weighted by atomic mass is 9.97. The molecule has 1 heterocycles. The first-order valence-electron chi connectivity index (χ1n) is 7.20. The highest BCUT2D eigenvalue weighted by atomic mass is 35.5. The van der Waals surface area contributed by atoms with Gasteiger partial charge in [-0.3, -0.25) is 0 Å². The van der Waals surface area contributed by atoms with Crippen LogP contribution in [-0.4, -0.2) is 19.3 Å². The lowest BCUT2D eigenvalue weighted by molar-refractivity contribution is -0.137. The van der Waals surface area contributed by atoms with E-state index in [1.54, 1.807) is 0 Å². The average Bonchev–Trinajstić information content (AvgIpc) is 2.58. The highest BCUT2D eigenvalue weighted by Crippen LogP contribution is 2.46. The zero-order valence-electron chi connectivity index (χ0n) is 12.6. The molecule has 2 aromatic carbocycles. The van der Waals surface area contributed by atoms with Crippen molar-refractivity contribution < 1.29 is 22.6 Å². The molecule has 0 saturated carbocycles. The maximum absolute atomic E-state index is 13.3. The number of benzene rings is 2. The fraction of sp³-hybridized carbons (Fsp3) is 0.250. The molecule has 0 bridgehead atoms. The molecule has 9 heteroatoms. The van der Waals surface area contributed by atoms with Gasteiger partial charge in [-0.1, -0.05) is 34.9 Å². The largest absolute Gasteiger partial charge is 0.486 e. The number of halogens is 4. The van der Waals surface area contributed by atoms with E-state index >= 15 is 0 Å². The average molecular weight is 370 g/mol. The van der Waals surface area contributed by atoms with E-state index in [1.165, 1.54) is 30.3 Å². The van der Waals surface area contributed by atoms with Crippen LogP contribution in [0.4, 0.5) is 13.2 Å². The standard InChI is InChI=1S/C16H11ClF3N3O2/c17-9-5-12(11-3-1-2-4-13(11)16(18,19)20)15-14(6-9)24-8-10(25-15)7-22-23-21/h1-6,10H,7-8H2/t10-/m0/s1. The van der Waals surface area contributed by atoms with Crippen LogP contribution in [0.25, 0.3) is 21.6 Å². The van der Waals surface area contributed by atoms with Crippen molar-refractivity contribution in [2.45, 2.75) is 12.3 Å². The Morgan fingerprint density at radius 1 is 1.24 bits per heavy atom. The smallest absolute Gasteiger partial charge is 0.417 e. The molecule has 1 aliphatic rings. The fourth-order valence-electron chi connectivity index (χ4n) is 2.56. The molecule has 0 amide bonds. The molecular formula is C16H11ClF3N3O2. The Hall–Kier alpha value is -2.57. The summed E-state index contributed by atoms with van der Waals surface area (Å²) in [5.41, 5.74) is 7.70. The van der Waals surface area contributed by atoms with E-state index < -0.39 is 17.8 Å². The summed E-state index contributed by atoms with van der Waals surface area (Å²) >= 11 is 6.03. The number of hydrogen-bond donors (Lipinski definition) is 0. The highest BCUT2D eigenvalue weighted by Gasteiger charge is 2.35. The molecule has 130 valence electrons. The van der Waals surface area contributed by atoms with Gasteiger partial charge in [0, 0.05) is 21.6 Å². The van der Waals surface area contributed by atoms with Gasteiger partial charge < -0.3 is 9.47 Å². The Bertz CT molecular complexity index is 851. The molecule has 1 atom stereocenters. The first-order valence-corrected chi connectivity index (χ1v) is 7.58. The van der Waals surface area contributed by atoms with Crippen LogP contribution in [0.15, 0.2) is 41.5 Å². The van der Waals surface area contributed by atoms with Crippen molar-refractivity contribution in [3.8, 4) is 22.6 Å². The molecule has 0 radical (unpaired) electrons. The van der Waals surface area contributed by atoms with Gasteiger partial charge in [0.2, 0.25) is 0 Å². The lowest BCUT2D eigenvalue weighted by Crippen LogP contribution is -2.31. The van der Waals surface area contributed by atoms with Crippen LogP contribution in [0.3, 0.4) is 0 Å². The molecule has 5 nitrogen and oxygen atoms in total. The van der Waals surface area contributed by atoms with Crippen LogP contribution in [0.2, 0.25) is 5.02 Å². The Balaban J connectivity index is 2.13. The third-order valence-electron chi connectivity index (χ3n) is 3.60. The predicted octanol–water partition coefficient (Wildman–Crippen LogP) is 5.48. The van der Waals surface area contributed by atoms with Gasteiger partial charge in [0.1, 0.15) is 12.7 Å². The number of azide groups is 1. The van der Waals surface area contributed by atoms with Crippen molar-refractivity contribution in [1.82, 2.24) is 0 Å². The quantitative estimate of drug-likeness (QED) is 0.408. The molecule has 0 aromatic heterocycles. The predicted molar refractivity (Wildman–Crippen MR) is 85.8 cm³/mol. The van der Waals surface area contributed by atoms with E-state index in [0.717, 1.165) is 6.07 Å². The van der Waals surface area contributed by atoms with Gasteiger partial charge in [0.25, 0.3) is 0 Å². The van der Waals surface area contributed by atoms with E-state index in [1.807, 2.05) is 0 Å². The number of alkyl halides is 3. The second-order valence-electron chi connectivity index (χ2n) is 5.29. The molecule has 0 fully saturated rings. The summed E-state index contributed by atoms with van der Waals surface area (Å²) in [7, 11) is 0. The third-order valence-corrected chi connectivity index (χ3v) is 3.82. The molecule has 0 spiro atoms. The topological polar surface area (TPSA) is 67.2 Å². The van der Waals surface area contributed by atoms with Crippen molar-refractivity contribution in [2.24, 2.45) is 5.11 Å². The molecule has 0 N–H and O–H groups in total. The minimum Gasteiger partial charge on any atom is -0.486 e. The van der Waals surface area contributed by atoms with Crippen LogP contribution in [-0.2, 0) is 6.18 Å². The Morgan fingerprint density at radius 3 is 2.72 bits per heavy atom. The fourth-order valence-corrected chi connectivity index (χ4v) is 2.77. The van der Waals surface area contributed by atoms with Crippen LogP contribution in [0.5, 0.6) is 11.5 Å². The molecule has 0 saturated heterocycles. The van der Waals surface area contributed by atoms with E-state index in [4.69, 9.17) is 26.6 Å². The molecule has 2 aromatic rings. The van der Waals surface area contributed by atoms with Crippen molar-refractivity contribution >= 4 is 11.6 Å². The second-order valence-corrected chi connectivity index (χ2v) is 5.72. The van der Waals surface area contributed by atoms with Crippen LogP contribution in [0, 0.1) is 0 Å². The maximum Gasteiger partial charge on any atom is 0.417 e. The monoisotopic (exact) mass is 369 g/mol. The van der Waals surface area contributed by atoms with E-state index in [0.29, 0.717) is 0 Å². The molecular weight excluding hydrogens is 359 g/mol. The first kappa shape index (κ1) is 17.3. The zero-order valence-corrected chi connectivity index (χ0v) is 13.4. The number of ether oxygens (including phenoxy) is 2. The van der Waals surface area contributed by atoms with E-state index in [9.17, 15) is 13.2 Å². The number of rotatable bonds is 3. The van der Waals surface area contributed by atoms with Gasteiger partial charge in [-0.05, 0) is 23.2 Å². The summed E-state index contributed by atoms with van der Waals surface area (Å²) in [6.07, 6.45) is -5.13. The van der Waals surface area contributed by atoms with Gasteiger partial charge in [-0.15, -0.1) is 0 Å². The molecule has 1 aliphatic heterocycles. The number of fused-ring (bicyclic) bond motifs is 1. The summed E-state index contributed by atoms with van der Waals surface area (Å²) in [5.74, 6) is 0.391. The first-order chi connectivity index (χ1) is 11.9. The highest BCUT2D eigenvalue weighted by molar-refractivity contribution is 6.31. The van der Waals surface area contributed by atoms with Gasteiger partial charge >= 0.3 is 6.18 Å². The zero-order chi connectivity index (χ0) is 18.0. The third kappa shape index (κ3) is 3.60. The van der Waals surface area contributed by atoms with Gasteiger partial charge in [0.15, 0.2) is 11.5 Å². The van der Waals surface area contributed by atoms with Crippen LogP contribution in [0.1, 0.15) is 5.56 Å². The molecule has 3 rings (SSSR count). The van der Waals surface area contributed by atoms with Gasteiger partial charge in [-0.25, -0.2) is 0 Å². The molecule has 25 heavy (non-hydrogen) atoms. The van der Waals surface area contributed by atoms with E-state index in [-0.39, 0.29) is 40.8 Å². The Kier molecular flexibility index (Phi) is 4.65. The van der Waals surface area contributed by atoms with Gasteiger partial charge in [0.05, 0.1) is 12.1 Å². The molecule has 0 unspecified atom stereocenters.